The Balaban J connectivity index is 2.27. The van der Waals surface area contributed by atoms with Crippen LogP contribution in [0.2, 0.25) is 0 Å². The third-order valence-corrected chi connectivity index (χ3v) is 3.52. The van der Waals surface area contributed by atoms with E-state index in [1.54, 1.807) is 0 Å². The number of carbonyl (C=O) groups is 1. The first-order chi connectivity index (χ1) is 11.5. The minimum Gasteiger partial charge on any atom is -0.507 e. The number of phenolic OH excluding ortho intramolecular Hbond substituents is 1. The second-order valence-corrected chi connectivity index (χ2v) is 5.18. The van der Waals surface area contributed by atoms with Crippen LogP contribution in [0.4, 0.5) is 42.5 Å². The first-order valence-corrected chi connectivity index (χ1v) is 6.65. The number of carbonyl (C=O) groups excluding carboxylic acids is 1. The molecule has 2 aromatic carbocycles. The zero-order chi connectivity index (χ0) is 18.6. The number of benzene rings is 2. The molecule has 0 aromatic heterocycles. The van der Waals surface area contributed by atoms with E-state index in [0.717, 1.165) is 6.07 Å². The number of nitrogens with one attached hydrogen (secondary N) is 1. The standard InChI is InChI=1S/C15H7F6N2O2/c16-14(17,18)6-1-2-12(24)8(3-6)7-4-10-11(23-13(25)22-10)5-9(7)15(19,20)21/h1-5,24H,(H,22,25). The number of amides is 2. The molecule has 0 aliphatic carbocycles. The fourth-order valence-electron chi connectivity index (χ4n) is 2.42. The van der Waals surface area contributed by atoms with Crippen LogP contribution in [0.15, 0.2) is 30.3 Å². The number of alkyl halides is 6. The van der Waals surface area contributed by atoms with Crippen LogP contribution >= 0.6 is 0 Å². The second kappa shape index (κ2) is 5.30. The number of phenols is 1. The van der Waals surface area contributed by atoms with E-state index in [9.17, 15) is 36.2 Å². The number of rotatable bonds is 1. The quantitative estimate of drug-likeness (QED) is 0.711. The number of urea groups is 1. The van der Waals surface area contributed by atoms with Gasteiger partial charge in [-0.15, -0.1) is 0 Å². The monoisotopic (exact) mass is 361 g/mol. The Labute approximate surface area is 136 Å². The highest BCUT2D eigenvalue weighted by molar-refractivity contribution is 6.03. The van der Waals surface area contributed by atoms with Gasteiger partial charge in [0.1, 0.15) is 5.75 Å². The molecule has 0 unspecified atom stereocenters. The van der Waals surface area contributed by atoms with Crippen LogP contribution in [0.1, 0.15) is 11.1 Å². The Morgan fingerprint density at radius 2 is 1.60 bits per heavy atom. The van der Waals surface area contributed by atoms with E-state index in [-0.39, 0.29) is 11.4 Å². The Bertz CT molecular complexity index is 874. The minimum atomic E-state index is -4.94. The van der Waals surface area contributed by atoms with Crippen molar-refractivity contribution in [3.05, 3.63) is 41.5 Å². The van der Waals surface area contributed by atoms with Crippen molar-refractivity contribution in [2.75, 3.05) is 5.32 Å². The third-order valence-electron chi connectivity index (χ3n) is 3.52. The third kappa shape index (κ3) is 3.06. The summed E-state index contributed by atoms with van der Waals surface area (Å²) in [6.07, 6.45) is -9.74. The molecular weight excluding hydrogens is 354 g/mol. The molecule has 0 saturated carbocycles. The largest absolute Gasteiger partial charge is 0.507 e. The highest BCUT2D eigenvalue weighted by atomic mass is 19.4. The van der Waals surface area contributed by atoms with E-state index >= 15 is 0 Å². The van der Waals surface area contributed by atoms with Crippen molar-refractivity contribution in [2.45, 2.75) is 12.4 Å². The lowest BCUT2D eigenvalue weighted by Gasteiger charge is -2.17. The van der Waals surface area contributed by atoms with E-state index < -0.39 is 46.4 Å². The molecule has 2 N–H and O–H groups in total. The molecule has 1 aliphatic rings. The molecular formula is C15H7F6N2O2. The number of fused-ring (bicyclic) bond motifs is 1. The van der Waals surface area contributed by atoms with Gasteiger partial charge in [0, 0.05) is 5.56 Å². The molecule has 0 atom stereocenters. The maximum atomic E-state index is 13.3. The van der Waals surface area contributed by atoms with Crippen LogP contribution in [-0.2, 0) is 12.4 Å². The predicted octanol–water partition coefficient (Wildman–Crippen LogP) is 4.88. The van der Waals surface area contributed by atoms with Crippen molar-refractivity contribution < 1.29 is 36.2 Å². The van der Waals surface area contributed by atoms with Gasteiger partial charge in [0.05, 0.1) is 22.5 Å². The molecule has 1 aliphatic heterocycles. The van der Waals surface area contributed by atoms with Crippen molar-refractivity contribution in [1.82, 2.24) is 5.32 Å². The predicted molar refractivity (Wildman–Crippen MR) is 74.4 cm³/mol. The van der Waals surface area contributed by atoms with Gasteiger partial charge in [0.25, 0.3) is 0 Å². The lowest BCUT2D eigenvalue weighted by atomic mass is 9.95. The highest BCUT2D eigenvalue weighted by Crippen LogP contribution is 2.46. The van der Waals surface area contributed by atoms with Crippen LogP contribution in [0.3, 0.4) is 0 Å². The van der Waals surface area contributed by atoms with Gasteiger partial charge in [-0.2, -0.15) is 31.7 Å². The topological polar surface area (TPSA) is 63.4 Å². The van der Waals surface area contributed by atoms with Gasteiger partial charge in [-0.05, 0) is 35.9 Å². The fraction of sp³-hybridized carbons (Fsp3) is 0.133. The maximum Gasteiger partial charge on any atom is 0.417 e. The lowest BCUT2D eigenvalue weighted by Crippen LogP contribution is -2.09. The van der Waals surface area contributed by atoms with Crippen LogP contribution in [-0.4, -0.2) is 11.1 Å². The smallest absolute Gasteiger partial charge is 0.417 e. The molecule has 2 amide bonds. The summed E-state index contributed by atoms with van der Waals surface area (Å²) in [6, 6.07) is 2.11. The first kappa shape index (κ1) is 16.9. The molecule has 1 heterocycles. The summed E-state index contributed by atoms with van der Waals surface area (Å²) in [5.41, 5.74) is -4.28. The van der Waals surface area contributed by atoms with Crippen LogP contribution in [0.25, 0.3) is 11.1 Å². The van der Waals surface area contributed by atoms with Crippen molar-refractivity contribution in [2.24, 2.45) is 0 Å². The summed E-state index contributed by atoms with van der Waals surface area (Å²) in [5, 5.41) is 15.3. The van der Waals surface area contributed by atoms with E-state index in [2.05, 4.69) is 10.6 Å². The Morgan fingerprint density at radius 1 is 0.920 bits per heavy atom. The van der Waals surface area contributed by atoms with Crippen molar-refractivity contribution in [3.63, 3.8) is 0 Å². The Kier molecular flexibility index (Phi) is 3.59. The SMILES string of the molecule is O=C1[N]c2cc(C(F)(F)F)c(-c3cc(C(F)(F)F)ccc3O)cc2N1. The van der Waals surface area contributed by atoms with Crippen LogP contribution < -0.4 is 10.6 Å². The summed E-state index contributed by atoms with van der Waals surface area (Å²) < 4.78 is 78.5. The molecule has 25 heavy (non-hydrogen) atoms. The molecule has 4 nitrogen and oxygen atoms in total. The van der Waals surface area contributed by atoms with Gasteiger partial charge < -0.3 is 10.4 Å². The van der Waals surface area contributed by atoms with Gasteiger partial charge in [-0.3, -0.25) is 0 Å². The zero-order valence-corrected chi connectivity index (χ0v) is 12.0. The number of aromatic hydroxyl groups is 1. The van der Waals surface area contributed by atoms with Crippen molar-refractivity contribution in [3.8, 4) is 16.9 Å². The molecule has 1 radical (unpaired) electrons. The van der Waals surface area contributed by atoms with E-state index in [0.29, 0.717) is 24.3 Å². The molecule has 131 valence electrons. The summed E-state index contributed by atoms with van der Waals surface area (Å²) in [4.78, 5) is 11.2. The fourth-order valence-corrected chi connectivity index (χ4v) is 2.42. The number of nitrogens with zero attached hydrogens (tertiary/aromatic N) is 1. The number of hydrogen-bond acceptors (Lipinski definition) is 2. The molecule has 10 heteroatoms. The summed E-state index contributed by atoms with van der Waals surface area (Å²) in [7, 11) is 0. The summed E-state index contributed by atoms with van der Waals surface area (Å²) in [6.45, 7) is 0. The van der Waals surface area contributed by atoms with Crippen molar-refractivity contribution in [1.29, 1.82) is 0 Å². The van der Waals surface area contributed by atoms with Crippen molar-refractivity contribution >= 4 is 17.4 Å². The Hall–Kier alpha value is -2.91. The Morgan fingerprint density at radius 3 is 2.20 bits per heavy atom. The highest BCUT2D eigenvalue weighted by Gasteiger charge is 2.38. The number of anilines is 1. The minimum absolute atomic E-state index is 0.0928. The van der Waals surface area contributed by atoms with E-state index in [4.69, 9.17) is 0 Å². The van der Waals surface area contributed by atoms with Gasteiger partial charge in [0.2, 0.25) is 0 Å². The number of hydrogen-bond donors (Lipinski definition) is 2. The average Bonchev–Trinajstić information content (AvgIpc) is 2.83. The lowest BCUT2D eigenvalue weighted by molar-refractivity contribution is -0.137. The molecule has 2 aromatic rings. The summed E-state index contributed by atoms with van der Waals surface area (Å²) >= 11 is 0. The van der Waals surface area contributed by atoms with Gasteiger partial charge in [-0.25, -0.2) is 4.79 Å². The molecule has 0 saturated heterocycles. The van der Waals surface area contributed by atoms with Gasteiger partial charge in [0.15, 0.2) is 0 Å². The van der Waals surface area contributed by atoms with Crippen LogP contribution in [0.5, 0.6) is 5.75 Å². The van der Waals surface area contributed by atoms with Gasteiger partial charge >= 0.3 is 18.4 Å². The first-order valence-electron chi connectivity index (χ1n) is 6.65. The zero-order valence-electron chi connectivity index (χ0n) is 12.0. The molecule has 3 rings (SSSR count). The van der Waals surface area contributed by atoms with E-state index in [1.165, 1.54) is 0 Å². The van der Waals surface area contributed by atoms with E-state index in [1.807, 2.05) is 0 Å². The maximum absolute atomic E-state index is 13.3. The van der Waals surface area contributed by atoms with Gasteiger partial charge in [-0.1, -0.05) is 0 Å². The second-order valence-electron chi connectivity index (χ2n) is 5.18. The number of halogens is 6. The molecule has 0 fully saturated rings. The molecule has 0 spiro atoms. The van der Waals surface area contributed by atoms with Crippen LogP contribution in [0, 0.1) is 0 Å². The average molecular weight is 361 g/mol. The summed E-state index contributed by atoms with van der Waals surface area (Å²) in [5.74, 6) is -0.764. The normalized spacial score (nSPS) is 14.1. The molecule has 0 bridgehead atoms.